The number of hydrogen-bond donors (Lipinski definition) is 2. The van der Waals surface area contributed by atoms with Crippen molar-refractivity contribution >= 4 is 17.0 Å². The van der Waals surface area contributed by atoms with E-state index in [4.69, 9.17) is 15.2 Å². The second-order valence-electron chi connectivity index (χ2n) is 5.19. The number of aromatic amines is 1. The second kappa shape index (κ2) is 7.64. The lowest BCUT2D eigenvalue weighted by Gasteiger charge is -2.06. The first kappa shape index (κ1) is 18.9. The minimum atomic E-state index is -5.08. The molecular formula is C15H13F3N6O2. The van der Waals surface area contributed by atoms with Crippen LogP contribution in [-0.4, -0.2) is 42.0 Å². The van der Waals surface area contributed by atoms with Crippen molar-refractivity contribution in [1.29, 1.82) is 5.26 Å². The monoisotopic (exact) mass is 366 g/mol. The van der Waals surface area contributed by atoms with Crippen LogP contribution in [0.25, 0.3) is 22.3 Å². The third-order valence-electron chi connectivity index (χ3n) is 3.31. The number of nitriles is 1. The second-order valence-corrected chi connectivity index (χ2v) is 5.19. The van der Waals surface area contributed by atoms with E-state index < -0.39 is 12.1 Å². The summed E-state index contributed by atoms with van der Waals surface area (Å²) in [4.78, 5) is 20.4. The Bertz CT molecular complexity index is 941. The molecule has 136 valence electrons. The first-order valence-corrected chi connectivity index (χ1v) is 7.23. The third-order valence-corrected chi connectivity index (χ3v) is 3.31. The Morgan fingerprint density at radius 3 is 2.77 bits per heavy atom. The minimum Gasteiger partial charge on any atom is -0.475 e. The Kier molecular flexibility index (Phi) is 5.56. The molecule has 0 aliphatic heterocycles. The van der Waals surface area contributed by atoms with Crippen LogP contribution in [0, 0.1) is 11.3 Å². The van der Waals surface area contributed by atoms with Crippen LogP contribution in [0.15, 0.2) is 31.0 Å². The number of aromatic nitrogens is 5. The number of alkyl halides is 3. The zero-order valence-corrected chi connectivity index (χ0v) is 13.4. The average Bonchev–Trinajstić information content (AvgIpc) is 3.24. The van der Waals surface area contributed by atoms with Gasteiger partial charge in [0.05, 0.1) is 30.4 Å². The maximum Gasteiger partial charge on any atom is 0.490 e. The van der Waals surface area contributed by atoms with Gasteiger partial charge in [-0.25, -0.2) is 14.8 Å². The van der Waals surface area contributed by atoms with E-state index >= 15 is 0 Å². The van der Waals surface area contributed by atoms with Gasteiger partial charge < -0.3 is 10.1 Å². The Labute approximate surface area is 144 Å². The normalized spacial score (nSPS) is 12.1. The molecule has 0 saturated carbocycles. The van der Waals surface area contributed by atoms with E-state index in [0.717, 1.165) is 22.3 Å². The van der Waals surface area contributed by atoms with E-state index in [-0.39, 0.29) is 6.04 Å². The van der Waals surface area contributed by atoms with Gasteiger partial charge in [-0.05, 0) is 13.0 Å². The third kappa shape index (κ3) is 4.35. The van der Waals surface area contributed by atoms with Crippen molar-refractivity contribution < 1.29 is 23.1 Å². The van der Waals surface area contributed by atoms with Gasteiger partial charge in [0.2, 0.25) is 0 Å². The number of aliphatic carboxylic acids is 1. The van der Waals surface area contributed by atoms with Crippen molar-refractivity contribution in [2.24, 2.45) is 0 Å². The fourth-order valence-corrected chi connectivity index (χ4v) is 2.03. The molecule has 8 nitrogen and oxygen atoms in total. The maximum absolute atomic E-state index is 10.6. The number of nitrogens with zero attached hydrogens (tertiary/aromatic N) is 5. The molecule has 0 aromatic carbocycles. The Hall–Kier alpha value is -3.42. The molecular weight excluding hydrogens is 353 g/mol. The van der Waals surface area contributed by atoms with Crippen LogP contribution < -0.4 is 0 Å². The van der Waals surface area contributed by atoms with Crippen LogP contribution in [0.3, 0.4) is 0 Å². The topological polar surface area (TPSA) is 120 Å². The lowest BCUT2D eigenvalue weighted by atomic mass is 10.2. The van der Waals surface area contributed by atoms with E-state index in [2.05, 4.69) is 26.1 Å². The maximum atomic E-state index is 10.6. The summed E-state index contributed by atoms with van der Waals surface area (Å²) in [7, 11) is 0. The molecule has 26 heavy (non-hydrogen) atoms. The standard InChI is InChI=1S/C13H12N6.C2HF3O2/c1-9(2-4-14)19-7-10(6-18-19)12-11-3-5-15-13(11)17-8-16-12;3-2(4,5)1(6)7/h3,5-9H,2H2,1H3,(H,15,16,17);(H,6,7)/t9-;/m0./s1. The molecule has 0 aliphatic carbocycles. The Morgan fingerprint density at radius 1 is 1.46 bits per heavy atom. The molecule has 0 amide bonds. The van der Waals surface area contributed by atoms with Crippen molar-refractivity contribution in [3.8, 4) is 17.3 Å². The van der Waals surface area contributed by atoms with Gasteiger partial charge in [0.1, 0.15) is 12.0 Å². The summed E-state index contributed by atoms with van der Waals surface area (Å²) in [6.45, 7) is 1.96. The van der Waals surface area contributed by atoms with Crippen molar-refractivity contribution in [3.05, 3.63) is 31.0 Å². The van der Waals surface area contributed by atoms with E-state index in [0.29, 0.717) is 6.42 Å². The molecule has 2 N–H and O–H groups in total. The lowest BCUT2D eigenvalue weighted by molar-refractivity contribution is -0.192. The minimum absolute atomic E-state index is 0.0577. The van der Waals surface area contributed by atoms with Crippen molar-refractivity contribution in [2.75, 3.05) is 0 Å². The summed E-state index contributed by atoms with van der Waals surface area (Å²) in [5, 5.41) is 21.1. The van der Waals surface area contributed by atoms with E-state index in [1.165, 1.54) is 6.33 Å². The Balaban J connectivity index is 0.000000298. The number of carbonyl (C=O) groups is 1. The summed E-state index contributed by atoms with van der Waals surface area (Å²) in [6, 6.07) is 4.15. The molecule has 0 aliphatic rings. The Morgan fingerprint density at radius 2 is 2.15 bits per heavy atom. The van der Waals surface area contributed by atoms with Gasteiger partial charge in [-0.1, -0.05) is 0 Å². The van der Waals surface area contributed by atoms with Gasteiger partial charge in [0.15, 0.2) is 0 Å². The predicted molar refractivity (Wildman–Crippen MR) is 83.7 cm³/mol. The predicted octanol–water partition coefficient (Wildman–Crippen LogP) is 2.93. The highest BCUT2D eigenvalue weighted by Gasteiger charge is 2.38. The van der Waals surface area contributed by atoms with Gasteiger partial charge >= 0.3 is 12.1 Å². The molecule has 0 saturated heterocycles. The number of carboxylic acid groups (broad SMARTS) is 1. The fourth-order valence-electron chi connectivity index (χ4n) is 2.03. The van der Waals surface area contributed by atoms with Gasteiger partial charge in [-0.15, -0.1) is 0 Å². The van der Waals surface area contributed by atoms with Gasteiger partial charge in [-0.3, -0.25) is 4.68 Å². The van der Waals surface area contributed by atoms with Crippen LogP contribution in [0.5, 0.6) is 0 Å². The lowest BCUT2D eigenvalue weighted by Crippen LogP contribution is -2.21. The average molecular weight is 366 g/mol. The molecule has 0 bridgehead atoms. The van der Waals surface area contributed by atoms with E-state index in [1.807, 2.05) is 25.4 Å². The number of fused-ring (bicyclic) bond motifs is 1. The van der Waals surface area contributed by atoms with E-state index in [1.54, 1.807) is 10.9 Å². The smallest absolute Gasteiger partial charge is 0.475 e. The molecule has 1 atom stereocenters. The molecule has 0 unspecified atom stereocenters. The number of nitrogens with one attached hydrogen (secondary N) is 1. The number of carboxylic acids is 1. The van der Waals surface area contributed by atoms with Crippen molar-refractivity contribution in [3.63, 3.8) is 0 Å². The highest BCUT2D eigenvalue weighted by molar-refractivity contribution is 5.89. The molecule has 3 aromatic rings. The fraction of sp³-hybridized carbons (Fsp3) is 0.267. The van der Waals surface area contributed by atoms with Crippen LogP contribution in [0.4, 0.5) is 13.2 Å². The molecule has 0 radical (unpaired) electrons. The highest BCUT2D eigenvalue weighted by Crippen LogP contribution is 2.25. The quantitative estimate of drug-likeness (QED) is 0.735. The van der Waals surface area contributed by atoms with Crippen molar-refractivity contribution in [1.82, 2.24) is 24.7 Å². The number of rotatable bonds is 3. The first-order chi connectivity index (χ1) is 12.2. The van der Waals surface area contributed by atoms with Gasteiger partial charge in [-0.2, -0.15) is 23.5 Å². The molecule has 3 heterocycles. The molecule has 3 rings (SSSR count). The number of hydrogen-bond acceptors (Lipinski definition) is 5. The first-order valence-electron chi connectivity index (χ1n) is 7.23. The summed E-state index contributed by atoms with van der Waals surface area (Å²) in [5.41, 5.74) is 2.58. The number of H-pyrrole nitrogens is 1. The molecule has 3 aromatic heterocycles. The van der Waals surface area contributed by atoms with E-state index in [9.17, 15) is 13.2 Å². The SMILES string of the molecule is C[C@@H](CC#N)n1cc(-c2ncnc3[nH]ccc23)cn1.O=C(O)C(F)(F)F. The van der Waals surface area contributed by atoms with Gasteiger partial charge in [0, 0.05) is 23.3 Å². The molecule has 11 heteroatoms. The van der Waals surface area contributed by atoms with Crippen LogP contribution in [0.1, 0.15) is 19.4 Å². The summed E-state index contributed by atoms with van der Waals surface area (Å²) in [6.07, 6.45) is 2.40. The van der Waals surface area contributed by atoms with Crippen molar-refractivity contribution in [2.45, 2.75) is 25.6 Å². The molecule has 0 spiro atoms. The summed E-state index contributed by atoms with van der Waals surface area (Å²) >= 11 is 0. The number of halogens is 3. The largest absolute Gasteiger partial charge is 0.490 e. The highest BCUT2D eigenvalue weighted by atomic mass is 19.4. The summed E-state index contributed by atoms with van der Waals surface area (Å²) in [5.74, 6) is -2.76. The van der Waals surface area contributed by atoms with Crippen LogP contribution >= 0.6 is 0 Å². The van der Waals surface area contributed by atoms with Gasteiger partial charge in [0.25, 0.3) is 0 Å². The zero-order chi connectivity index (χ0) is 19.3. The summed E-state index contributed by atoms with van der Waals surface area (Å²) < 4.78 is 33.5. The zero-order valence-electron chi connectivity index (χ0n) is 13.4. The van der Waals surface area contributed by atoms with Crippen LogP contribution in [0.2, 0.25) is 0 Å². The van der Waals surface area contributed by atoms with Crippen LogP contribution in [-0.2, 0) is 4.79 Å². The molecule has 0 fully saturated rings.